The molecule has 0 N–H and O–H groups in total. The number of fused-ring (bicyclic) bond motifs is 3. The minimum atomic E-state index is 0.563. The van der Waals surface area contributed by atoms with Gasteiger partial charge < -0.3 is 4.42 Å². The summed E-state index contributed by atoms with van der Waals surface area (Å²) in [6, 6.07) is 87.0. The van der Waals surface area contributed by atoms with Gasteiger partial charge in [0.1, 0.15) is 11.2 Å². The van der Waals surface area contributed by atoms with E-state index in [-0.39, 0.29) is 0 Å². The van der Waals surface area contributed by atoms with Gasteiger partial charge in [-0.2, -0.15) is 0 Å². The molecule has 10 aromatic carbocycles. The number of nitrogens with zero attached hydrogens (tertiary/aromatic N) is 3. The molecule has 0 aliphatic rings. The highest BCUT2D eigenvalue weighted by molar-refractivity contribution is 6.16. The van der Waals surface area contributed by atoms with Crippen molar-refractivity contribution in [3.05, 3.63) is 249 Å². The zero-order valence-electron chi connectivity index (χ0n) is 36.4. The summed E-state index contributed by atoms with van der Waals surface area (Å²) < 4.78 is 6.99. The van der Waals surface area contributed by atoms with E-state index in [0.717, 1.165) is 83.1 Å². The van der Waals surface area contributed by atoms with Crippen molar-refractivity contribution in [2.24, 2.45) is 0 Å². The second kappa shape index (κ2) is 17.2. The van der Waals surface area contributed by atoms with Crippen LogP contribution in [0.15, 0.2) is 253 Å². The number of rotatable bonds is 9. The Kier molecular flexibility index (Phi) is 10.2. The van der Waals surface area contributed by atoms with Crippen LogP contribution < -0.4 is 0 Å². The largest absolute Gasteiger partial charge is 0.455 e. The Bertz CT molecular complexity index is 3680. The van der Waals surface area contributed by atoms with Gasteiger partial charge in [-0.15, -0.1) is 0 Å². The summed E-state index contributed by atoms with van der Waals surface area (Å²) in [5, 5.41) is 1.94. The van der Waals surface area contributed by atoms with Crippen molar-refractivity contribution in [2.75, 3.05) is 0 Å². The molecule has 12 aromatic rings. The smallest absolute Gasteiger partial charge is 0.164 e. The number of hydrogen-bond acceptors (Lipinski definition) is 4. The molecule has 0 aliphatic heterocycles. The lowest BCUT2D eigenvalue weighted by Crippen LogP contribution is -2.01. The second-order valence-corrected chi connectivity index (χ2v) is 16.8. The second-order valence-electron chi connectivity index (χ2n) is 16.8. The third-order valence-electron chi connectivity index (χ3n) is 12.6. The number of benzene rings is 10. The van der Waals surface area contributed by atoms with E-state index in [1.165, 1.54) is 22.3 Å². The molecule has 0 spiro atoms. The zero-order chi connectivity index (χ0) is 44.5. The standard InChI is InChI=1S/C63H41N3O/c1-5-15-42(16-6-1)46-27-29-49(30-28-46)52-23-13-24-53(39-52)62-64-61(51-37-33-48(34-38-51)44-19-9-3-10-20-44)65-63(66-62)57-40-54(45-21-11-4-12-22-45)41-58-59(57)56-26-14-25-55(60(56)67-58)50-35-31-47(32-36-50)43-17-7-2-8-18-43/h1-41H. The average molecular weight is 856 g/mol. The van der Waals surface area contributed by atoms with E-state index in [4.69, 9.17) is 19.4 Å². The molecule has 12 rings (SSSR count). The zero-order valence-corrected chi connectivity index (χ0v) is 36.4. The molecule has 4 heteroatoms. The summed E-state index contributed by atoms with van der Waals surface area (Å²) in [7, 11) is 0. The molecule has 0 amide bonds. The third-order valence-corrected chi connectivity index (χ3v) is 12.6. The normalized spacial score (nSPS) is 11.3. The average Bonchev–Trinajstić information content (AvgIpc) is 3.81. The predicted octanol–water partition coefficient (Wildman–Crippen LogP) is 16.8. The maximum absolute atomic E-state index is 6.99. The van der Waals surface area contributed by atoms with Crippen molar-refractivity contribution < 1.29 is 4.42 Å². The molecule has 0 aliphatic carbocycles. The molecule has 67 heavy (non-hydrogen) atoms. The van der Waals surface area contributed by atoms with E-state index in [9.17, 15) is 0 Å². The van der Waals surface area contributed by atoms with Crippen LogP contribution >= 0.6 is 0 Å². The van der Waals surface area contributed by atoms with E-state index in [1.807, 2.05) is 24.3 Å². The van der Waals surface area contributed by atoms with Crippen molar-refractivity contribution in [3.8, 4) is 101 Å². The summed E-state index contributed by atoms with van der Waals surface area (Å²) in [6.07, 6.45) is 0. The summed E-state index contributed by atoms with van der Waals surface area (Å²) >= 11 is 0. The summed E-state index contributed by atoms with van der Waals surface area (Å²) in [6.45, 7) is 0. The number of hydrogen-bond donors (Lipinski definition) is 0. The Morgan fingerprint density at radius 1 is 0.239 bits per heavy atom. The van der Waals surface area contributed by atoms with E-state index in [2.05, 4.69) is 224 Å². The van der Waals surface area contributed by atoms with Gasteiger partial charge in [-0.05, 0) is 79.4 Å². The molecule has 0 radical (unpaired) electrons. The Labute approximate surface area is 389 Å². The van der Waals surface area contributed by atoms with Gasteiger partial charge in [-0.1, -0.05) is 231 Å². The van der Waals surface area contributed by atoms with Gasteiger partial charge in [0.25, 0.3) is 0 Å². The molecule has 0 atom stereocenters. The van der Waals surface area contributed by atoms with Crippen molar-refractivity contribution in [1.29, 1.82) is 0 Å². The van der Waals surface area contributed by atoms with E-state index >= 15 is 0 Å². The predicted molar refractivity (Wildman–Crippen MR) is 276 cm³/mol. The fraction of sp³-hybridized carbons (Fsp3) is 0. The van der Waals surface area contributed by atoms with Crippen LogP contribution in [0.5, 0.6) is 0 Å². The van der Waals surface area contributed by atoms with Gasteiger partial charge in [0.2, 0.25) is 0 Å². The third kappa shape index (κ3) is 7.77. The molecule has 0 unspecified atom stereocenters. The van der Waals surface area contributed by atoms with Gasteiger partial charge >= 0.3 is 0 Å². The fourth-order valence-corrected chi connectivity index (χ4v) is 9.12. The van der Waals surface area contributed by atoms with Crippen molar-refractivity contribution in [1.82, 2.24) is 15.0 Å². The van der Waals surface area contributed by atoms with Gasteiger partial charge in [0.15, 0.2) is 17.5 Å². The summed E-state index contributed by atoms with van der Waals surface area (Å²) in [5.41, 5.74) is 17.6. The van der Waals surface area contributed by atoms with E-state index in [0.29, 0.717) is 17.5 Å². The molecule has 4 nitrogen and oxygen atoms in total. The van der Waals surface area contributed by atoms with Crippen LogP contribution in [0.25, 0.3) is 123 Å². The molecular weight excluding hydrogens is 815 g/mol. The molecular formula is C63H41N3O. The number of para-hydroxylation sites is 1. The van der Waals surface area contributed by atoms with Crippen LogP contribution in [-0.4, -0.2) is 15.0 Å². The quantitative estimate of drug-likeness (QED) is 0.145. The molecule has 2 aromatic heterocycles. The lowest BCUT2D eigenvalue weighted by atomic mass is 9.96. The van der Waals surface area contributed by atoms with Crippen LogP contribution in [0.2, 0.25) is 0 Å². The molecule has 0 saturated carbocycles. The first-order chi connectivity index (χ1) is 33.2. The van der Waals surface area contributed by atoms with E-state index < -0.39 is 0 Å². The van der Waals surface area contributed by atoms with Crippen LogP contribution in [0.1, 0.15) is 0 Å². The first kappa shape index (κ1) is 39.6. The Morgan fingerprint density at radius 2 is 0.627 bits per heavy atom. The molecule has 0 fully saturated rings. The van der Waals surface area contributed by atoms with Crippen LogP contribution in [-0.2, 0) is 0 Å². The van der Waals surface area contributed by atoms with E-state index in [1.54, 1.807) is 0 Å². The van der Waals surface area contributed by atoms with Crippen molar-refractivity contribution >= 4 is 21.9 Å². The van der Waals surface area contributed by atoms with Crippen LogP contribution in [0.3, 0.4) is 0 Å². The molecule has 2 heterocycles. The monoisotopic (exact) mass is 855 g/mol. The molecule has 314 valence electrons. The minimum Gasteiger partial charge on any atom is -0.455 e. The summed E-state index contributed by atoms with van der Waals surface area (Å²) in [5.74, 6) is 1.73. The number of furan rings is 1. The van der Waals surface area contributed by atoms with Gasteiger partial charge in [0, 0.05) is 33.0 Å². The lowest BCUT2D eigenvalue weighted by molar-refractivity contribution is 0.670. The first-order valence-electron chi connectivity index (χ1n) is 22.6. The minimum absolute atomic E-state index is 0.563. The maximum atomic E-state index is 6.99. The van der Waals surface area contributed by atoms with Crippen molar-refractivity contribution in [2.45, 2.75) is 0 Å². The maximum Gasteiger partial charge on any atom is 0.164 e. The SMILES string of the molecule is c1ccc(-c2ccc(-c3cccc(-c4nc(-c5ccc(-c6ccccc6)cc5)nc(-c5cc(-c6ccccc6)cc6oc7c(-c8ccc(-c9ccccc9)cc8)cccc7c56)n4)c3)cc2)cc1. The van der Waals surface area contributed by atoms with Gasteiger partial charge in [-0.3, -0.25) is 0 Å². The van der Waals surface area contributed by atoms with Gasteiger partial charge in [0.05, 0.1) is 0 Å². The van der Waals surface area contributed by atoms with Crippen LogP contribution in [0, 0.1) is 0 Å². The van der Waals surface area contributed by atoms with Gasteiger partial charge in [-0.25, -0.2) is 15.0 Å². The number of aromatic nitrogens is 3. The Morgan fingerprint density at radius 3 is 1.16 bits per heavy atom. The molecule has 0 saturated heterocycles. The highest BCUT2D eigenvalue weighted by Gasteiger charge is 2.22. The Balaban J connectivity index is 1.03. The summed E-state index contributed by atoms with van der Waals surface area (Å²) in [4.78, 5) is 16.0. The first-order valence-corrected chi connectivity index (χ1v) is 22.6. The van der Waals surface area contributed by atoms with Crippen LogP contribution in [0.4, 0.5) is 0 Å². The lowest BCUT2D eigenvalue weighted by Gasteiger charge is -2.12. The fourth-order valence-electron chi connectivity index (χ4n) is 9.12. The molecule has 0 bridgehead atoms. The topological polar surface area (TPSA) is 51.8 Å². The Hall–Kier alpha value is -8.99. The highest BCUT2D eigenvalue weighted by Crippen LogP contribution is 2.43. The highest BCUT2D eigenvalue weighted by atomic mass is 16.3. The van der Waals surface area contributed by atoms with Crippen molar-refractivity contribution in [3.63, 3.8) is 0 Å².